The van der Waals surface area contributed by atoms with Gasteiger partial charge in [0.05, 0.1) is 6.61 Å². The van der Waals surface area contributed by atoms with Crippen molar-refractivity contribution in [1.29, 1.82) is 0 Å². The number of piperidine rings is 1. The second-order valence-corrected chi connectivity index (χ2v) is 8.06. The fourth-order valence-electron chi connectivity index (χ4n) is 3.17. The summed E-state index contributed by atoms with van der Waals surface area (Å²) < 4.78 is 11.0. The predicted octanol–water partition coefficient (Wildman–Crippen LogP) is 3.77. The molecular weight excluding hydrogens is 344 g/mol. The number of ether oxygens (including phenoxy) is 2. The number of hydrogen-bond donors (Lipinski definition) is 1. The number of aryl methyl sites for hydroxylation is 1. The normalized spacial score (nSPS) is 17.4. The van der Waals surface area contributed by atoms with Crippen LogP contribution >= 0.6 is 0 Å². The van der Waals surface area contributed by atoms with Crippen molar-refractivity contribution in [2.75, 3.05) is 26.2 Å². The predicted molar refractivity (Wildman–Crippen MR) is 105 cm³/mol. The van der Waals surface area contributed by atoms with Crippen molar-refractivity contribution in [3.8, 4) is 5.75 Å². The van der Waals surface area contributed by atoms with Gasteiger partial charge in [-0.05, 0) is 77.1 Å². The highest BCUT2D eigenvalue weighted by Crippen LogP contribution is 2.21. The average molecular weight is 376 g/mol. The highest BCUT2D eigenvalue weighted by molar-refractivity contribution is 5.94. The molecule has 150 valence electrons. The summed E-state index contributed by atoms with van der Waals surface area (Å²) >= 11 is 0. The van der Waals surface area contributed by atoms with Crippen molar-refractivity contribution >= 4 is 12.0 Å². The Morgan fingerprint density at radius 2 is 2.04 bits per heavy atom. The van der Waals surface area contributed by atoms with Crippen LogP contribution in [0.5, 0.6) is 5.75 Å². The van der Waals surface area contributed by atoms with E-state index in [1.54, 1.807) is 11.0 Å². The first-order chi connectivity index (χ1) is 12.7. The highest BCUT2D eigenvalue weighted by atomic mass is 16.6. The SMILES string of the molecule is CCOc1ccc(C(=O)NCC2CCCN(C(=O)OC(C)(C)C)C2)cc1C. The zero-order valence-electron chi connectivity index (χ0n) is 17.1. The third-order valence-corrected chi connectivity index (χ3v) is 4.46. The van der Waals surface area contributed by atoms with Gasteiger partial charge in [-0.3, -0.25) is 4.79 Å². The van der Waals surface area contributed by atoms with Gasteiger partial charge in [0, 0.05) is 25.2 Å². The van der Waals surface area contributed by atoms with Crippen molar-refractivity contribution < 1.29 is 19.1 Å². The average Bonchev–Trinajstić information content (AvgIpc) is 2.60. The standard InChI is InChI=1S/C21H32N2O4/c1-6-26-18-10-9-17(12-15(18)2)19(24)22-13-16-8-7-11-23(14-16)20(25)27-21(3,4)5/h9-10,12,16H,6-8,11,13-14H2,1-5H3,(H,22,24). The molecule has 6 nitrogen and oxygen atoms in total. The third kappa shape index (κ3) is 6.45. The van der Waals surface area contributed by atoms with Gasteiger partial charge in [-0.2, -0.15) is 0 Å². The number of carbonyl (C=O) groups is 2. The Kier molecular flexibility index (Phi) is 7.11. The molecule has 1 aromatic carbocycles. The molecule has 0 radical (unpaired) electrons. The maximum Gasteiger partial charge on any atom is 0.410 e. The lowest BCUT2D eigenvalue weighted by Crippen LogP contribution is -2.45. The minimum Gasteiger partial charge on any atom is -0.494 e. The molecule has 1 saturated heterocycles. The van der Waals surface area contributed by atoms with Crippen LogP contribution < -0.4 is 10.1 Å². The van der Waals surface area contributed by atoms with Gasteiger partial charge in [0.25, 0.3) is 5.91 Å². The molecule has 6 heteroatoms. The summed E-state index contributed by atoms with van der Waals surface area (Å²) in [6, 6.07) is 5.45. The molecule has 27 heavy (non-hydrogen) atoms. The lowest BCUT2D eigenvalue weighted by atomic mass is 9.98. The van der Waals surface area contributed by atoms with Gasteiger partial charge < -0.3 is 19.7 Å². The fourth-order valence-corrected chi connectivity index (χ4v) is 3.17. The molecule has 1 aromatic rings. The first-order valence-corrected chi connectivity index (χ1v) is 9.69. The van der Waals surface area contributed by atoms with Crippen LogP contribution in [-0.4, -0.2) is 48.7 Å². The molecule has 1 aliphatic heterocycles. The molecule has 0 aromatic heterocycles. The van der Waals surface area contributed by atoms with Gasteiger partial charge in [-0.15, -0.1) is 0 Å². The van der Waals surface area contributed by atoms with E-state index in [1.807, 2.05) is 46.8 Å². The number of nitrogens with zero attached hydrogens (tertiary/aromatic N) is 1. The van der Waals surface area contributed by atoms with Crippen molar-refractivity contribution in [3.05, 3.63) is 29.3 Å². The molecule has 0 bridgehead atoms. The van der Waals surface area contributed by atoms with Gasteiger partial charge in [0.15, 0.2) is 0 Å². The number of hydrogen-bond acceptors (Lipinski definition) is 4. The minimum atomic E-state index is -0.496. The summed E-state index contributed by atoms with van der Waals surface area (Å²) in [7, 11) is 0. The van der Waals surface area contributed by atoms with E-state index in [-0.39, 0.29) is 17.9 Å². The van der Waals surface area contributed by atoms with Crippen LogP contribution in [0.2, 0.25) is 0 Å². The fraction of sp³-hybridized carbons (Fsp3) is 0.619. The lowest BCUT2D eigenvalue weighted by molar-refractivity contribution is 0.0167. The van der Waals surface area contributed by atoms with Gasteiger partial charge in [0.1, 0.15) is 11.4 Å². The van der Waals surface area contributed by atoms with E-state index in [0.29, 0.717) is 31.8 Å². The smallest absolute Gasteiger partial charge is 0.410 e. The van der Waals surface area contributed by atoms with Crippen molar-refractivity contribution in [2.45, 2.75) is 53.1 Å². The number of carbonyl (C=O) groups excluding carboxylic acids is 2. The molecule has 2 rings (SSSR count). The maximum absolute atomic E-state index is 12.5. The second-order valence-electron chi connectivity index (χ2n) is 8.06. The summed E-state index contributed by atoms with van der Waals surface area (Å²) in [6.07, 6.45) is 1.63. The van der Waals surface area contributed by atoms with Crippen molar-refractivity contribution in [2.24, 2.45) is 5.92 Å². The van der Waals surface area contributed by atoms with Crippen LogP contribution in [-0.2, 0) is 4.74 Å². The number of benzene rings is 1. The molecule has 1 N–H and O–H groups in total. The number of rotatable bonds is 5. The van der Waals surface area contributed by atoms with E-state index in [9.17, 15) is 9.59 Å². The Hall–Kier alpha value is -2.24. The van der Waals surface area contributed by atoms with Gasteiger partial charge in [-0.25, -0.2) is 4.79 Å². The summed E-state index contributed by atoms with van der Waals surface area (Å²) in [6.45, 7) is 11.9. The third-order valence-electron chi connectivity index (χ3n) is 4.46. The van der Waals surface area contributed by atoms with E-state index in [2.05, 4.69) is 5.32 Å². The first-order valence-electron chi connectivity index (χ1n) is 9.69. The molecule has 0 saturated carbocycles. The molecular formula is C21H32N2O4. The number of nitrogens with one attached hydrogen (secondary N) is 1. The molecule has 0 spiro atoms. The summed E-state index contributed by atoms with van der Waals surface area (Å²) in [5.74, 6) is 0.934. The molecule has 1 heterocycles. The number of amides is 2. The van der Waals surface area contributed by atoms with E-state index in [4.69, 9.17) is 9.47 Å². The van der Waals surface area contributed by atoms with Crippen LogP contribution in [0, 0.1) is 12.8 Å². The monoisotopic (exact) mass is 376 g/mol. The van der Waals surface area contributed by atoms with Gasteiger partial charge in [0.2, 0.25) is 0 Å². The summed E-state index contributed by atoms with van der Waals surface area (Å²) in [5, 5.41) is 3.00. The van der Waals surface area contributed by atoms with Crippen LogP contribution in [0.1, 0.15) is 56.5 Å². The Morgan fingerprint density at radius 3 is 2.67 bits per heavy atom. The molecule has 1 atom stereocenters. The molecule has 1 aliphatic rings. The maximum atomic E-state index is 12.5. The molecule has 1 unspecified atom stereocenters. The Labute approximate surface area is 162 Å². The Bertz CT molecular complexity index is 667. The molecule has 2 amide bonds. The topological polar surface area (TPSA) is 67.9 Å². The van der Waals surface area contributed by atoms with Gasteiger partial charge >= 0.3 is 6.09 Å². The van der Waals surface area contributed by atoms with Crippen LogP contribution in [0.15, 0.2) is 18.2 Å². The van der Waals surface area contributed by atoms with Crippen LogP contribution in [0.4, 0.5) is 4.79 Å². The quantitative estimate of drug-likeness (QED) is 0.849. The first kappa shape index (κ1) is 21.1. The van der Waals surface area contributed by atoms with Crippen molar-refractivity contribution in [3.63, 3.8) is 0 Å². The molecule has 1 fully saturated rings. The minimum absolute atomic E-state index is 0.101. The summed E-state index contributed by atoms with van der Waals surface area (Å²) in [4.78, 5) is 26.4. The largest absolute Gasteiger partial charge is 0.494 e. The van der Waals surface area contributed by atoms with Gasteiger partial charge in [-0.1, -0.05) is 0 Å². The van der Waals surface area contributed by atoms with E-state index >= 15 is 0 Å². The zero-order chi connectivity index (χ0) is 20.0. The Morgan fingerprint density at radius 1 is 1.30 bits per heavy atom. The Balaban J connectivity index is 1.87. The second kappa shape index (κ2) is 9.11. The van der Waals surface area contributed by atoms with Crippen molar-refractivity contribution in [1.82, 2.24) is 10.2 Å². The lowest BCUT2D eigenvalue weighted by Gasteiger charge is -2.34. The summed E-state index contributed by atoms with van der Waals surface area (Å²) in [5.41, 5.74) is 1.07. The van der Waals surface area contributed by atoms with Crippen LogP contribution in [0.3, 0.4) is 0 Å². The van der Waals surface area contributed by atoms with E-state index < -0.39 is 5.60 Å². The number of likely N-dealkylation sites (tertiary alicyclic amines) is 1. The highest BCUT2D eigenvalue weighted by Gasteiger charge is 2.27. The van der Waals surface area contributed by atoms with E-state index in [1.165, 1.54) is 0 Å². The van der Waals surface area contributed by atoms with E-state index in [0.717, 1.165) is 24.2 Å². The zero-order valence-corrected chi connectivity index (χ0v) is 17.1. The van der Waals surface area contributed by atoms with Crippen LogP contribution in [0.25, 0.3) is 0 Å². The molecule has 0 aliphatic carbocycles.